The summed E-state index contributed by atoms with van der Waals surface area (Å²) in [5.41, 5.74) is 1.68. The third-order valence-corrected chi connectivity index (χ3v) is 1.97. The molecule has 0 atom stereocenters. The van der Waals surface area contributed by atoms with E-state index in [1.54, 1.807) is 18.5 Å². The van der Waals surface area contributed by atoms with Gasteiger partial charge in [0.2, 0.25) is 0 Å². The average molecular weight is 187 g/mol. The van der Waals surface area contributed by atoms with Gasteiger partial charge in [0.25, 0.3) is 0 Å². The highest BCUT2D eigenvalue weighted by atomic mass is 35.5. The Kier molecular flexibility index (Phi) is 1.51. The van der Waals surface area contributed by atoms with Crippen molar-refractivity contribution >= 4 is 34.4 Å². The van der Waals surface area contributed by atoms with Crippen LogP contribution in [0.3, 0.4) is 0 Å². The van der Waals surface area contributed by atoms with E-state index in [1.165, 1.54) is 4.09 Å². The average Bonchev–Trinajstić information content (AvgIpc) is 2.33. The smallest absolute Gasteiger partial charge is 0.111 e. The third-order valence-electron chi connectivity index (χ3n) is 1.47. The monoisotopic (exact) mass is 186 g/mol. The van der Waals surface area contributed by atoms with Crippen LogP contribution in [0.1, 0.15) is 0 Å². The van der Waals surface area contributed by atoms with Gasteiger partial charge in [0.1, 0.15) is 6.33 Å². The minimum absolute atomic E-state index is 0.667. The number of hydrogen-bond donors (Lipinski definition) is 0. The molecular weight excluding hydrogens is 183 g/mol. The molecule has 0 aliphatic rings. The third kappa shape index (κ3) is 1.08. The molecule has 2 rings (SSSR count). The Morgan fingerprint density at radius 2 is 2.18 bits per heavy atom. The number of nitrogens with zero attached hydrogens (tertiary/aromatic N) is 2. The van der Waals surface area contributed by atoms with E-state index < -0.39 is 0 Å². The first kappa shape index (κ1) is 6.95. The van der Waals surface area contributed by atoms with Gasteiger partial charge in [0.15, 0.2) is 0 Å². The molecule has 56 valence electrons. The highest BCUT2D eigenvalue weighted by Crippen LogP contribution is 2.18. The predicted octanol–water partition coefficient (Wildman–Crippen LogP) is 2.69. The fraction of sp³-hybridized carbons (Fsp3) is 0. The molecule has 0 saturated heterocycles. The van der Waals surface area contributed by atoms with E-state index in [-0.39, 0.29) is 0 Å². The van der Waals surface area contributed by atoms with Crippen molar-refractivity contribution in [1.29, 1.82) is 0 Å². The van der Waals surface area contributed by atoms with Crippen LogP contribution in [0.4, 0.5) is 0 Å². The van der Waals surface area contributed by atoms with Crippen molar-refractivity contribution in [1.82, 2.24) is 9.07 Å². The molecule has 2 aromatic rings. The van der Waals surface area contributed by atoms with Crippen LogP contribution in [-0.4, -0.2) is 9.07 Å². The van der Waals surface area contributed by atoms with Gasteiger partial charge in [0.05, 0.1) is 11.0 Å². The molecule has 11 heavy (non-hydrogen) atoms. The summed E-state index contributed by atoms with van der Waals surface area (Å²) in [5, 5.41) is 0.667. The number of aromatic nitrogens is 2. The van der Waals surface area contributed by atoms with Crippen molar-refractivity contribution in [2.75, 3.05) is 0 Å². The van der Waals surface area contributed by atoms with E-state index >= 15 is 0 Å². The number of imidazole rings is 1. The lowest BCUT2D eigenvalue weighted by Crippen LogP contribution is -1.74. The van der Waals surface area contributed by atoms with Gasteiger partial charge in [-0.25, -0.2) is 9.07 Å². The maximum atomic E-state index is 5.75. The Morgan fingerprint density at radius 1 is 1.36 bits per heavy atom. The van der Waals surface area contributed by atoms with Crippen molar-refractivity contribution in [2.24, 2.45) is 0 Å². The lowest BCUT2D eigenvalue weighted by atomic mass is 10.3. The lowest BCUT2D eigenvalue weighted by molar-refractivity contribution is 1.25. The fourth-order valence-electron chi connectivity index (χ4n) is 0.952. The maximum absolute atomic E-state index is 5.75. The van der Waals surface area contributed by atoms with E-state index in [2.05, 4.69) is 4.98 Å². The van der Waals surface area contributed by atoms with Crippen LogP contribution in [0, 0.1) is 0 Å². The van der Waals surface area contributed by atoms with E-state index in [1.807, 2.05) is 6.07 Å². The Labute approximate surface area is 73.5 Å². The number of halogens is 2. The van der Waals surface area contributed by atoms with Gasteiger partial charge in [0, 0.05) is 16.8 Å². The maximum Gasteiger partial charge on any atom is 0.111 e. The van der Waals surface area contributed by atoms with Gasteiger partial charge in [-0.05, 0) is 18.2 Å². The zero-order valence-corrected chi connectivity index (χ0v) is 6.97. The van der Waals surface area contributed by atoms with E-state index in [0.29, 0.717) is 5.02 Å². The molecule has 0 aliphatic heterocycles. The number of hydrogen-bond acceptors (Lipinski definition) is 1. The van der Waals surface area contributed by atoms with Crippen LogP contribution in [0.25, 0.3) is 11.0 Å². The SMILES string of the molecule is Clc1ccc2ncn(Cl)c2c1. The van der Waals surface area contributed by atoms with E-state index in [0.717, 1.165) is 11.0 Å². The second-order valence-corrected chi connectivity index (χ2v) is 2.99. The Bertz CT molecular complexity index is 394. The van der Waals surface area contributed by atoms with Gasteiger partial charge >= 0.3 is 0 Å². The summed E-state index contributed by atoms with van der Waals surface area (Å²) < 4.78 is 1.42. The topological polar surface area (TPSA) is 17.8 Å². The van der Waals surface area contributed by atoms with Gasteiger partial charge < -0.3 is 0 Å². The van der Waals surface area contributed by atoms with Crippen LogP contribution >= 0.6 is 23.4 Å². The fourth-order valence-corrected chi connectivity index (χ4v) is 1.30. The number of rotatable bonds is 0. The van der Waals surface area contributed by atoms with Gasteiger partial charge in [-0.2, -0.15) is 0 Å². The summed E-state index contributed by atoms with van der Waals surface area (Å²) in [5.74, 6) is 0. The van der Waals surface area contributed by atoms with Crippen LogP contribution in [0.5, 0.6) is 0 Å². The summed E-state index contributed by atoms with van der Waals surface area (Å²) in [6, 6.07) is 5.39. The molecule has 0 N–H and O–H groups in total. The molecule has 0 amide bonds. The zero-order valence-electron chi connectivity index (χ0n) is 5.46. The minimum atomic E-state index is 0.667. The largest absolute Gasteiger partial charge is 0.241 e. The molecule has 0 aliphatic carbocycles. The van der Waals surface area contributed by atoms with Crippen LogP contribution in [-0.2, 0) is 0 Å². The quantitative estimate of drug-likeness (QED) is 0.619. The van der Waals surface area contributed by atoms with Crippen molar-refractivity contribution < 1.29 is 0 Å². The van der Waals surface area contributed by atoms with Gasteiger partial charge in [-0.1, -0.05) is 11.6 Å². The molecule has 2 nitrogen and oxygen atoms in total. The molecule has 0 bridgehead atoms. The Morgan fingerprint density at radius 3 is 3.00 bits per heavy atom. The normalized spacial score (nSPS) is 10.7. The summed E-state index contributed by atoms with van der Waals surface area (Å²) >= 11 is 11.5. The Hall–Kier alpha value is -0.730. The second-order valence-electron chi connectivity index (χ2n) is 2.19. The highest BCUT2D eigenvalue weighted by Gasteiger charge is 1.99. The molecule has 1 aromatic heterocycles. The highest BCUT2D eigenvalue weighted by molar-refractivity contribution is 6.31. The molecule has 0 radical (unpaired) electrons. The minimum Gasteiger partial charge on any atom is -0.241 e. The summed E-state index contributed by atoms with van der Waals surface area (Å²) in [6.07, 6.45) is 1.54. The molecule has 0 saturated carbocycles. The van der Waals surface area contributed by atoms with Crippen molar-refractivity contribution in [3.8, 4) is 0 Å². The molecule has 0 unspecified atom stereocenters. The Balaban J connectivity index is 2.87. The summed E-state index contributed by atoms with van der Waals surface area (Å²) in [6.45, 7) is 0. The lowest BCUT2D eigenvalue weighted by Gasteiger charge is -1.91. The van der Waals surface area contributed by atoms with Crippen LogP contribution in [0.2, 0.25) is 5.02 Å². The second kappa shape index (κ2) is 2.40. The van der Waals surface area contributed by atoms with E-state index in [9.17, 15) is 0 Å². The number of benzene rings is 1. The standard InChI is InChI=1S/C7H4Cl2N2/c8-5-1-2-6-7(3-5)11(9)4-10-6/h1-4H. The van der Waals surface area contributed by atoms with Crippen molar-refractivity contribution in [2.45, 2.75) is 0 Å². The van der Waals surface area contributed by atoms with E-state index in [4.69, 9.17) is 23.4 Å². The summed E-state index contributed by atoms with van der Waals surface area (Å²) in [7, 11) is 0. The van der Waals surface area contributed by atoms with Crippen LogP contribution < -0.4 is 0 Å². The number of fused-ring (bicyclic) bond motifs is 1. The molecule has 1 heterocycles. The first-order chi connectivity index (χ1) is 5.27. The van der Waals surface area contributed by atoms with Crippen molar-refractivity contribution in [3.05, 3.63) is 29.5 Å². The molecule has 0 spiro atoms. The van der Waals surface area contributed by atoms with Crippen LogP contribution in [0.15, 0.2) is 24.5 Å². The molecule has 4 heteroatoms. The first-order valence-electron chi connectivity index (χ1n) is 3.06. The van der Waals surface area contributed by atoms with Gasteiger partial charge in [-0.15, -0.1) is 0 Å². The van der Waals surface area contributed by atoms with Crippen molar-refractivity contribution in [3.63, 3.8) is 0 Å². The molecule has 1 aromatic carbocycles. The molecule has 0 fully saturated rings. The van der Waals surface area contributed by atoms with Gasteiger partial charge in [-0.3, -0.25) is 0 Å². The first-order valence-corrected chi connectivity index (χ1v) is 3.78. The predicted molar refractivity (Wildman–Crippen MR) is 46.0 cm³/mol. The zero-order chi connectivity index (χ0) is 7.84. The summed E-state index contributed by atoms with van der Waals surface area (Å²) in [4.78, 5) is 4.03. The molecular formula is C7H4Cl2N2.